The Morgan fingerprint density at radius 1 is 1.26 bits per heavy atom. The number of carbonyl (C=O) groups excluding carboxylic acids is 1. The molecule has 0 radical (unpaired) electrons. The fourth-order valence-corrected chi connectivity index (χ4v) is 4.83. The van der Waals surface area contributed by atoms with Crippen molar-refractivity contribution in [2.45, 2.75) is 71.9 Å². The van der Waals surface area contributed by atoms with Gasteiger partial charge in [0.15, 0.2) is 0 Å². The first kappa shape index (κ1) is 32.0. The van der Waals surface area contributed by atoms with Crippen molar-refractivity contribution in [2.24, 2.45) is 15.9 Å². The zero-order chi connectivity index (χ0) is 28.8. The summed E-state index contributed by atoms with van der Waals surface area (Å²) >= 11 is 5.97. The molecule has 0 aromatic rings. The molecule has 2 unspecified atom stereocenters. The molecule has 2 aliphatic heterocycles. The van der Waals surface area contributed by atoms with E-state index in [0.29, 0.717) is 48.9 Å². The minimum Gasteiger partial charge on any atom is -0.481 e. The molecule has 7 nitrogen and oxygen atoms in total. The summed E-state index contributed by atoms with van der Waals surface area (Å²) in [5.41, 5.74) is 3.00. The van der Waals surface area contributed by atoms with Gasteiger partial charge in [-0.1, -0.05) is 55.5 Å². The minimum atomic E-state index is -0.811. The number of halogens is 1. The Morgan fingerprint density at radius 3 is 2.69 bits per heavy atom. The summed E-state index contributed by atoms with van der Waals surface area (Å²) in [5.74, 6) is -0.392. The van der Waals surface area contributed by atoms with E-state index in [-0.39, 0.29) is 24.4 Å². The van der Waals surface area contributed by atoms with Crippen LogP contribution in [0.15, 0.2) is 81.5 Å². The first-order valence-corrected chi connectivity index (χ1v) is 14.1. The van der Waals surface area contributed by atoms with Crippen molar-refractivity contribution in [3.63, 3.8) is 0 Å². The topological polar surface area (TPSA) is 94.4 Å². The fourth-order valence-electron chi connectivity index (χ4n) is 4.76. The fraction of sp³-hybridized carbons (Fsp3) is 0.484. The Morgan fingerprint density at radius 2 is 2.03 bits per heavy atom. The van der Waals surface area contributed by atoms with Gasteiger partial charge < -0.3 is 15.3 Å². The lowest BCUT2D eigenvalue weighted by Crippen LogP contribution is -2.43. The lowest BCUT2D eigenvalue weighted by Gasteiger charge is -2.28. The number of nitrogens with one attached hydrogen (secondary N) is 1. The van der Waals surface area contributed by atoms with E-state index in [2.05, 4.69) is 18.8 Å². The number of carboxylic acids is 1. The highest BCUT2D eigenvalue weighted by Crippen LogP contribution is 2.26. The number of unbranched alkanes of at least 4 members (excludes halogenated alkanes) is 1. The molecule has 2 aliphatic rings. The molecule has 2 heterocycles. The van der Waals surface area contributed by atoms with Crippen molar-refractivity contribution in [1.29, 1.82) is 0 Å². The van der Waals surface area contributed by atoms with E-state index in [1.807, 2.05) is 68.3 Å². The summed E-state index contributed by atoms with van der Waals surface area (Å²) in [6.07, 6.45) is 18.0. The standard InChI is InChI=1S/C31H43ClN4O3/c1-6-17-33-21-28-22(3)16-19-36(28)31(39)26-11-10-18-34-30(25(7-2)15-14-23(4)32)27(35-24(5)20-26)12-8-9-13-29(37)38/h6-7,10-11,14-15,17,20,22,24,28,33H,4,8-9,12-13,16,18-19,21H2,1-3,5H3,(H,37,38)/b11-10-,15-14-,17-6+,25-7+,26-20+,34-30?,35-27?/t22?,24?,28-/m1/s1. The molecule has 1 saturated heterocycles. The third-order valence-corrected chi connectivity index (χ3v) is 6.92. The van der Waals surface area contributed by atoms with Gasteiger partial charge in [0.1, 0.15) is 0 Å². The van der Waals surface area contributed by atoms with Gasteiger partial charge in [-0.15, -0.1) is 0 Å². The van der Waals surface area contributed by atoms with Crippen molar-refractivity contribution >= 4 is 34.9 Å². The van der Waals surface area contributed by atoms with Gasteiger partial charge in [0.05, 0.1) is 30.1 Å². The van der Waals surface area contributed by atoms with E-state index in [9.17, 15) is 9.59 Å². The van der Waals surface area contributed by atoms with Gasteiger partial charge in [-0.25, -0.2) is 0 Å². The summed E-state index contributed by atoms with van der Waals surface area (Å²) in [6.45, 7) is 13.6. The number of allylic oxidation sites excluding steroid dienone is 6. The number of aliphatic carboxylic acids is 1. The van der Waals surface area contributed by atoms with Crippen LogP contribution in [0.2, 0.25) is 0 Å². The van der Waals surface area contributed by atoms with Crippen LogP contribution in [-0.2, 0) is 9.59 Å². The number of carbonyl (C=O) groups is 2. The zero-order valence-corrected chi connectivity index (χ0v) is 24.5. The third-order valence-electron chi connectivity index (χ3n) is 6.79. The molecule has 3 atom stereocenters. The highest BCUT2D eigenvalue weighted by atomic mass is 35.5. The van der Waals surface area contributed by atoms with Crippen molar-refractivity contribution in [1.82, 2.24) is 10.2 Å². The summed E-state index contributed by atoms with van der Waals surface area (Å²) in [4.78, 5) is 36.6. The quantitative estimate of drug-likeness (QED) is 0.228. The van der Waals surface area contributed by atoms with E-state index in [1.54, 1.807) is 6.08 Å². The largest absolute Gasteiger partial charge is 0.481 e. The lowest BCUT2D eigenvalue weighted by atomic mass is 9.99. The van der Waals surface area contributed by atoms with E-state index in [0.717, 1.165) is 30.0 Å². The second-order valence-electron chi connectivity index (χ2n) is 9.90. The van der Waals surface area contributed by atoms with Crippen molar-refractivity contribution < 1.29 is 14.7 Å². The van der Waals surface area contributed by atoms with Crippen LogP contribution in [0.3, 0.4) is 0 Å². The molecule has 0 aliphatic carbocycles. The first-order valence-electron chi connectivity index (χ1n) is 13.7. The summed E-state index contributed by atoms with van der Waals surface area (Å²) < 4.78 is 0. The number of hydrogen-bond donors (Lipinski definition) is 2. The second-order valence-corrected chi connectivity index (χ2v) is 10.4. The lowest BCUT2D eigenvalue weighted by molar-refractivity contribution is -0.137. The monoisotopic (exact) mass is 554 g/mol. The smallest absolute Gasteiger partial charge is 0.303 e. The molecule has 212 valence electrons. The van der Waals surface area contributed by atoms with Crippen LogP contribution in [0, 0.1) is 5.92 Å². The van der Waals surface area contributed by atoms with Crippen LogP contribution < -0.4 is 5.32 Å². The van der Waals surface area contributed by atoms with Gasteiger partial charge in [-0.05, 0) is 76.3 Å². The minimum absolute atomic E-state index is 0.00964. The molecular weight excluding hydrogens is 512 g/mol. The molecule has 1 amide bonds. The van der Waals surface area contributed by atoms with E-state index < -0.39 is 5.97 Å². The Labute approximate surface area is 238 Å². The molecule has 39 heavy (non-hydrogen) atoms. The van der Waals surface area contributed by atoms with Crippen LogP contribution in [0.5, 0.6) is 0 Å². The Bertz CT molecular complexity index is 1100. The maximum atomic E-state index is 13.7. The SMILES string of the molecule is C=C(Cl)/C=C\C(=C/C)C1=NC/C=C\C(C(=O)N2CCC(C)[C@H]2CN/C=C/C)=C/C(C)N=C1CCCCC(=O)O. The average Bonchev–Trinajstić information content (AvgIpc) is 3.26. The number of carboxylic acid groups (broad SMARTS) is 1. The van der Waals surface area contributed by atoms with Gasteiger partial charge in [-0.2, -0.15) is 0 Å². The number of hydrogen-bond acceptors (Lipinski definition) is 5. The zero-order valence-electron chi connectivity index (χ0n) is 23.7. The Hall–Kier alpha value is -3.19. The normalized spacial score (nSPS) is 24.7. The highest BCUT2D eigenvalue weighted by molar-refractivity contribution is 6.49. The van der Waals surface area contributed by atoms with Gasteiger partial charge in [-0.3, -0.25) is 19.6 Å². The summed E-state index contributed by atoms with van der Waals surface area (Å²) in [5, 5.41) is 12.8. The van der Waals surface area contributed by atoms with Gasteiger partial charge >= 0.3 is 5.97 Å². The number of nitrogens with zero attached hydrogens (tertiary/aromatic N) is 3. The number of rotatable bonds is 12. The second kappa shape index (κ2) is 16.7. The molecule has 0 aromatic heterocycles. The van der Waals surface area contributed by atoms with Crippen molar-refractivity contribution in [3.05, 3.63) is 71.5 Å². The Kier molecular flexibility index (Phi) is 13.7. The number of aliphatic imine (C=N–C) groups is 2. The molecule has 2 N–H and O–H groups in total. The van der Waals surface area contributed by atoms with Crippen LogP contribution in [0.4, 0.5) is 0 Å². The maximum absolute atomic E-state index is 13.7. The van der Waals surface area contributed by atoms with Crippen molar-refractivity contribution in [2.75, 3.05) is 19.6 Å². The third kappa shape index (κ3) is 10.5. The predicted octanol–water partition coefficient (Wildman–Crippen LogP) is 6.01. The van der Waals surface area contributed by atoms with Crippen molar-refractivity contribution in [3.8, 4) is 0 Å². The van der Waals surface area contributed by atoms with Gasteiger partial charge in [0.25, 0.3) is 5.91 Å². The van der Waals surface area contributed by atoms with Crippen LogP contribution in [-0.4, -0.2) is 65.0 Å². The predicted molar refractivity (Wildman–Crippen MR) is 163 cm³/mol. The summed E-state index contributed by atoms with van der Waals surface area (Å²) in [6, 6.07) is -0.163. The Balaban J connectivity index is 2.39. The molecule has 0 aromatic carbocycles. The van der Waals surface area contributed by atoms with E-state index in [1.165, 1.54) is 0 Å². The molecule has 0 saturated carbocycles. The summed E-state index contributed by atoms with van der Waals surface area (Å²) in [7, 11) is 0. The first-order chi connectivity index (χ1) is 18.7. The molecule has 8 heteroatoms. The van der Waals surface area contributed by atoms with Gasteiger partial charge in [0.2, 0.25) is 0 Å². The molecule has 0 spiro atoms. The molecule has 0 bridgehead atoms. The van der Waals surface area contributed by atoms with E-state index >= 15 is 0 Å². The molecule has 1 fully saturated rings. The average molecular weight is 555 g/mol. The van der Waals surface area contributed by atoms with Crippen LogP contribution >= 0.6 is 11.6 Å². The van der Waals surface area contributed by atoms with Gasteiger partial charge in [0, 0.05) is 30.1 Å². The van der Waals surface area contributed by atoms with E-state index in [4.69, 9.17) is 26.7 Å². The number of amides is 1. The van der Waals surface area contributed by atoms with Crippen LogP contribution in [0.25, 0.3) is 0 Å². The van der Waals surface area contributed by atoms with Crippen LogP contribution in [0.1, 0.15) is 59.8 Å². The number of likely N-dealkylation sites (tertiary alicyclic amines) is 1. The molecule has 2 rings (SSSR count). The maximum Gasteiger partial charge on any atom is 0.303 e. The highest BCUT2D eigenvalue weighted by Gasteiger charge is 2.35. The molecular formula is C31H43ClN4O3.